The number of rotatable bonds is 3. The molecule has 1 atom stereocenters. The molecule has 3 heteroatoms. The average Bonchev–Trinajstić information content (AvgIpc) is 2.30. The molecule has 0 radical (unpaired) electrons. The number of hydrogen-bond donors (Lipinski definition) is 1. The normalized spacial score (nSPS) is 20.7. The van der Waals surface area contributed by atoms with Crippen molar-refractivity contribution in [1.29, 1.82) is 0 Å². The number of ketones is 1. The number of carbonyl (C=O) groups excluding carboxylic acids is 1. The highest BCUT2D eigenvalue weighted by atomic mass is 35.5. The first-order valence-corrected chi connectivity index (χ1v) is 6.15. The molecule has 0 spiro atoms. The molecule has 1 unspecified atom stereocenters. The smallest absolute Gasteiger partial charge is 0.164 e. The van der Waals surface area contributed by atoms with Gasteiger partial charge in [0.25, 0.3) is 0 Å². The second kappa shape index (κ2) is 5.46. The summed E-state index contributed by atoms with van der Waals surface area (Å²) in [7, 11) is 0. The number of benzene rings is 1. The minimum absolute atomic E-state index is 0.182. The van der Waals surface area contributed by atoms with Gasteiger partial charge in [0.05, 0.1) is 0 Å². The van der Waals surface area contributed by atoms with Gasteiger partial charge in [0, 0.05) is 23.0 Å². The van der Waals surface area contributed by atoms with Gasteiger partial charge < -0.3 is 5.32 Å². The van der Waals surface area contributed by atoms with Gasteiger partial charge in [-0.3, -0.25) is 4.79 Å². The van der Waals surface area contributed by atoms with E-state index in [2.05, 4.69) is 5.32 Å². The molecule has 0 aromatic heterocycles. The van der Waals surface area contributed by atoms with Crippen molar-refractivity contribution < 1.29 is 4.79 Å². The quantitative estimate of drug-likeness (QED) is 0.819. The predicted octanol–water partition coefficient (Wildman–Crippen LogP) is 3.05. The van der Waals surface area contributed by atoms with E-state index in [4.69, 9.17) is 11.6 Å². The summed E-state index contributed by atoms with van der Waals surface area (Å²) >= 11 is 5.86. The first-order valence-electron chi connectivity index (χ1n) is 5.78. The first kappa shape index (κ1) is 11.6. The molecule has 0 amide bonds. The second-order valence-corrected chi connectivity index (χ2v) is 4.72. The molecule has 0 saturated carbocycles. The Morgan fingerprint density at radius 1 is 1.44 bits per heavy atom. The third kappa shape index (κ3) is 3.06. The van der Waals surface area contributed by atoms with Crippen LogP contribution in [-0.2, 0) is 0 Å². The molecular weight excluding hydrogens is 222 g/mol. The zero-order valence-corrected chi connectivity index (χ0v) is 9.96. The molecule has 1 saturated heterocycles. The Morgan fingerprint density at radius 2 is 2.31 bits per heavy atom. The second-order valence-electron chi connectivity index (χ2n) is 4.28. The molecule has 1 aliphatic rings. The maximum Gasteiger partial charge on any atom is 0.164 e. The van der Waals surface area contributed by atoms with Crippen LogP contribution in [0.2, 0.25) is 5.02 Å². The summed E-state index contributed by atoms with van der Waals surface area (Å²) in [6, 6.07) is 7.53. The lowest BCUT2D eigenvalue weighted by molar-refractivity contribution is 0.0963. The van der Waals surface area contributed by atoms with Crippen LogP contribution in [0.1, 0.15) is 36.0 Å². The highest BCUT2D eigenvalue weighted by Gasteiger charge is 2.17. The van der Waals surface area contributed by atoms with Crippen molar-refractivity contribution in [3.63, 3.8) is 0 Å². The molecular formula is C13H16ClNO. The summed E-state index contributed by atoms with van der Waals surface area (Å²) in [6.45, 7) is 1.04. The number of carbonyl (C=O) groups is 1. The number of piperidine rings is 1. The maximum atomic E-state index is 12.0. The van der Waals surface area contributed by atoms with Gasteiger partial charge in [-0.15, -0.1) is 0 Å². The fourth-order valence-corrected chi connectivity index (χ4v) is 2.29. The van der Waals surface area contributed by atoms with E-state index in [0.717, 1.165) is 18.5 Å². The van der Waals surface area contributed by atoms with Crippen LogP contribution in [0.3, 0.4) is 0 Å². The maximum absolute atomic E-state index is 12.0. The zero-order chi connectivity index (χ0) is 11.4. The van der Waals surface area contributed by atoms with Crippen LogP contribution in [0.5, 0.6) is 0 Å². The van der Waals surface area contributed by atoms with E-state index in [0.29, 0.717) is 17.5 Å². The minimum atomic E-state index is 0.182. The standard InChI is InChI=1S/C13H16ClNO/c14-11-5-3-4-10(8-11)13(16)9-12-6-1-2-7-15-12/h3-5,8,12,15H,1-2,6-7,9H2. The van der Waals surface area contributed by atoms with Crippen molar-refractivity contribution in [3.05, 3.63) is 34.9 Å². The van der Waals surface area contributed by atoms with Gasteiger partial charge in [0.1, 0.15) is 0 Å². The van der Waals surface area contributed by atoms with Gasteiger partial charge in [-0.1, -0.05) is 30.2 Å². The lowest BCUT2D eigenvalue weighted by Crippen LogP contribution is -2.35. The first-order chi connectivity index (χ1) is 7.75. The Morgan fingerprint density at radius 3 is 3.00 bits per heavy atom. The molecule has 1 aromatic carbocycles. The predicted molar refractivity (Wildman–Crippen MR) is 66.0 cm³/mol. The molecule has 1 heterocycles. The number of nitrogens with one attached hydrogen (secondary N) is 1. The third-order valence-corrected chi connectivity index (χ3v) is 3.23. The van der Waals surface area contributed by atoms with E-state index in [1.165, 1.54) is 12.8 Å². The van der Waals surface area contributed by atoms with Gasteiger partial charge in [-0.25, -0.2) is 0 Å². The molecule has 16 heavy (non-hydrogen) atoms. The highest BCUT2D eigenvalue weighted by molar-refractivity contribution is 6.31. The van der Waals surface area contributed by atoms with Gasteiger partial charge in [-0.05, 0) is 31.5 Å². The zero-order valence-electron chi connectivity index (χ0n) is 9.21. The third-order valence-electron chi connectivity index (χ3n) is 2.99. The molecule has 2 nitrogen and oxygen atoms in total. The minimum Gasteiger partial charge on any atom is -0.314 e. The summed E-state index contributed by atoms with van der Waals surface area (Å²) in [5, 5.41) is 4.01. The van der Waals surface area contributed by atoms with Crippen LogP contribution in [0.15, 0.2) is 24.3 Å². The fraction of sp³-hybridized carbons (Fsp3) is 0.462. The molecule has 1 aliphatic heterocycles. The lowest BCUT2D eigenvalue weighted by Gasteiger charge is -2.22. The summed E-state index contributed by atoms with van der Waals surface area (Å²) in [4.78, 5) is 12.0. The molecule has 1 fully saturated rings. The van der Waals surface area contributed by atoms with Crippen molar-refractivity contribution in [2.24, 2.45) is 0 Å². The Labute approximate surface area is 101 Å². The van der Waals surface area contributed by atoms with Crippen LogP contribution in [0.25, 0.3) is 0 Å². The van der Waals surface area contributed by atoms with Crippen LogP contribution in [-0.4, -0.2) is 18.4 Å². The number of Topliss-reactive ketones (excluding diaryl/α,β-unsaturated/α-hetero) is 1. The van der Waals surface area contributed by atoms with Crippen molar-refractivity contribution >= 4 is 17.4 Å². The monoisotopic (exact) mass is 237 g/mol. The Balaban J connectivity index is 1.97. The van der Waals surface area contributed by atoms with E-state index >= 15 is 0 Å². The topological polar surface area (TPSA) is 29.1 Å². The molecule has 0 aliphatic carbocycles. The largest absolute Gasteiger partial charge is 0.314 e. The van der Waals surface area contributed by atoms with Gasteiger partial charge >= 0.3 is 0 Å². The fourth-order valence-electron chi connectivity index (χ4n) is 2.10. The SMILES string of the molecule is O=C(CC1CCCCN1)c1cccc(Cl)c1. The molecule has 2 rings (SSSR count). The molecule has 86 valence electrons. The van der Waals surface area contributed by atoms with E-state index < -0.39 is 0 Å². The Bertz CT molecular complexity index is 372. The van der Waals surface area contributed by atoms with Gasteiger partial charge in [0.15, 0.2) is 5.78 Å². The van der Waals surface area contributed by atoms with Crippen molar-refractivity contribution in [1.82, 2.24) is 5.32 Å². The highest BCUT2D eigenvalue weighted by Crippen LogP contribution is 2.16. The van der Waals surface area contributed by atoms with E-state index in [1.807, 2.05) is 12.1 Å². The van der Waals surface area contributed by atoms with E-state index in [9.17, 15) is 4.79 Å². The number of halogens is 1. The summed E-state index contributed by atoms with van der Waals surface area (Å²) in [5.41, 5.74) is 0.722. The van der Waals surface area contributed by atoms with Gasteiger partial charge in [0.2, 0.25) is 0 Å². The average molecular weight is 238 g/mol. The van der Waals surface area contributed by atoms with Crippen LogP contribution >= 0.6 is 11.6 Å². The van der Waals surface area contributed by atoms with Crippen LogP contribution < -0.4 is 5.32 Å². The lowest BCUT2D eigenvalue weighted by atomic mass is 9.97. The summed E-state index contributed by atoms with van der Waals surface area (Å²) in [5.74, 6) is 0.182. The van der Waals surface area contributed by atoms with E-state index in [-0.39, 0.29) is 5.78 Å². The van der Waals surface area contributed by atoms with Crippen molar-refractivity contribution in [2.75, 3.05) is 6.54 Å². The van der Waals surface area contributed by atoms with E-state index in [1.54, 1.807) is 12.1 Å². The van der Waals surface area contributed by atoms with Gasteiger partial charge in [-0.2, -0.15) is 0 Å². The van der Waals surface area contributed by atoms with Crippen LogP contribution in [0.4, 0.5) is 0 Å². The Hall–Kier alpha value is -0.860. The summed E-state index contributed by atoms with van der Waals surface area (Å²) in [6.07, 6.45) is 4.13. The van der Waals surface area contributed by atoms with Crippen LogP contribution in [0, 0.1) is 0 Å². The van der Waals surface area contributed by atoms with Crippen molar-refractivity contribution in [3.8, 4) is 0 Å². The number of hydrogen-bond acceptors (Lipinski definition) is 2. The van der Waals surface area contributed by atoms with Crippen molar-refractivity contribution in [2.45, 2.75) is 31.7 Å². The molecule has 1 N–H and O–H groups in total. The molecule has 1 aromatic rings. The Kier molecular flexibility index (Phi) is 3.97. The summed E-state index contributed by atoms with van der Waals surface area (Å²) < 4.78 is 0. The molecule has 0 bridgehead atoms.